The van der Waals surface area contributed by atoms with Crippen LogP contribution >= 0.6 is 34.3 Å². The molecule has 5 rings (SSSR count). The Morgan fingerprint density at radius 1 is 1.09 bits per heavy atom. The predicted octanol–water partition coefficient (Wildman–Crippen LogP) is 3.45. The summed E-state index contributed by atoms with van der Waals surface area (Å²) in [5, 5.41) is 3.40. The van der Waals surface area contributed by atoms with E-state index in [-0.39, 0.29) is 19.0 Å². The Kier molecular flexibility index (Phi) is 5.75. The van der Waals surface area contributed by atoms with Crippen molar-refractivity contribution in [1.29, 1.82) is 0 Å². The van der Waals surface area contributed by atoms with Gasteiger partial charge in [-0.1, -0.05) is 17.7 Å². The molecule has 1 amide bonds. The van der Waals surface area contributed by atoms with E-state index in [9.17, 15) is 13.2 Å². The highest BCUT2D eigenvalue weighted by molar-refractivity contribution is 7.91. The fourth-order valence-corrected chi connectivity index (χ4v) is 8.04. The highest BCUT2D eigenvalue weighted by atomic mass is 35.5. The number of rotatable bonds is 4. The molecule has 1 saturated heterocycles. The van der Waals surface area contributed by atoms with Crippen LogP contribution < -0.4 is 0 Å². The van der Waals surface area contributed by atoms with Crippen molar-refractivity contribution < 1.29 is 13.2 Å². The number of carbonyl (C=O) groups excluding carboxylic acids is 1. The molecule has 2 aliphatic rings. The van der Waals surface area contributed by atoms with Gasteiger partial charge in [0, 0.05) is 60.4 Å². The lowest BCUT2D eigenvalue weighted by Crippen LogP contribution is -2.50. The van der Waals surface area contributed by atoms with Crippen LogP contribution in [-0.2, 0) is 10.0 Å². The Bertz CT molecular complexity index is 1320. The summed E-state index contributed by atoms with van der Waals surface area (Å²) in [5.41, 5.74) is 0.962. The summed E-state index contributed by atoms with van der Waals surface area (Å²) in [5.74, 6) is 0.858. The highest BCUT2D eigenvalue weighted by Gasteiger charge is 2.32. The zero-order valence-electron chi connectivity index (χ0n) is 17.3. The molecule has 168 valence electrons. The largest absolute Gasteiger partial charge is 0.358 e. The number of aliphatic imine (C=N–C) groups is 1. The second-order valence-electron chi connectivity index (χ2n) is 7.77. The van der Waals surface area contributed by atoms with Crippen molar-refractivity contribution in [2.24, 2.45) is 4.99 Å². The second-order valence-corrected chi connectivity index (χ2v) is 12.4. The number of amides is 1. The van der Waals surface area contributed by atoms with Crippen LogP contribution in [0.5, 0.6) is 0 Å². The number of halogens is 1. The minimum absolute atomic E-state index is 0.0592. The van der Waals surface area contributed by atoms with E-state index < -0.39 is 10.0 Å². The number of benzene rings is 1. The molecule has 1 aromatic carbocycles. The first-order valence-electron chi connectivity index (χ1n) is 10.2. The van der Waals surface area contributed by atoms with E-state index in [1.165, 1.54) is 27.0 Å². The van der Waals surface area contributed by atoms with E-state index in [0.717, 1.165) is 34.6 Å². The van der Waals surface area contributed by atoms with Crippen LogP contribution in [0, 0.1) is 0 Å². The molecule has 1 fully saturated rings. The van der Waals surface area contributed by atoms with Gasteiger partial charge in [0.2, 0.25) is 0 Å². The predicted molar refractivity (Wildman–Crippen MR) is 130 cm³/mol. The average Bonchev–Trinajstić information content (AvgIpc) is 3.52. The number of likely N-dealkylation sites (N-methyl/N-ethyl adjacent to an activating group) is 1. The van der Waals surface area contributed by atoms with Gasteiger partial charge in [-0.2, -0.15) is 4.31 Å². The zero-order chi connectivity index (χ0) is 22.5. The summed E-state index contributed by atoms with van der Waals surface area (Å²) in [4.78, 5) is 22.0. The molecule has 0 unspecified atom stereocenters. The number of thiophene rings is 2. The third kappa shape index (κ3) is 3.94. The summed E-state index contributed by atoms with van der Waals surface area (Å²) < 4.78 is 28.9. The zero-order valence-corrected chi connectivity index (χ0v) is 20.5. The molecule has 7 nitrogen and oxygen atoms in total. The quantitative estimate of drug-likeness (QED) is 0.541. The van der Waals surface area contributed by atoms with Crippen molar-refractivity contribution in [2.45, 2.75) is 4.21 Å². The van der Waals surface area contributed by atoms with Crippen molar-refractivity contribution in [3.63, 3.8) is 0 Å². The number of hydrogen-bond donors (Lipinski definition) is 0. The smallest absolute Gasteiger partial charge is 0.264 e. The Labute approximate surface area is 199 Å². The van der Waals surface area contributed by atoms with Gasteiger partial charge in [0.25, 0.3) is 15.9 Å². The molecular formula is C21H21ClN4O3S3. The van der Waals surface area contributed by atoms with E-state index in [1.54, 1.807) is 23.1 Å². The molecule has 32 heavy (non-hydrogen) atoms. The number of hydrogen-bond acceptors (Lipinski definition) is 7. The van der Waals surface area contributed by atoms with E-state index in [4.69, 9.17) is 11.6 Å². The number of nitrogens with zero attached hydrogens (tertiary/aromatic N) is 4. The summed E-state index contributed by atoms with van der Waals surface area (Å²) in [6.45, 7) is 2.94. The first-order chi connectivity index (χ1) is 15.3. The summed E-state index contributed by atoms with van der Waals surface area (Å²) in [7, 11) is -1.62. The number of sulfonamides is 1. The van der Waals surface area contributed by atoms with Gasteiger partial charge < -0.3 is 9.80 Å². The Balaban J connectivity index is 1.27. The lowest BCUT2D eigenvalue weighted by Gasteiger charge is -2.33. The molecule has 4 heterocycles. The third-order valence-electron chi connectivity index (χ3n) is 5.71. The van der Waals surface area contributed by atoms with Gasteiger partial charge >= 0.3 is 0 Å². The standard InChI is InChI=1S/C21H21ClN4O3S3/c1-24-5-4-23-20(24)15-10-18(30-13-15)21(27)25-6-8-26(9-7-25)32(28,29)19-11-14-2-3-16(22)12-17(14)31-19/h2-3,10-13H,4-9H2,1H3. The molecule has 0 radical (unpaired) electrons. The van der Waals surface area contributed by atoms with Crippen molar-refractivity contribution in [3.8, 4) is 0 Å². The maximum absolute atomic E-state index is 13.2. The first kappa shape index (κ1) is 21.8. The Hall–Kier alpha value is -1.98. The van der Waals surface area contributed by atoms with Crippen molar-refractivity contribution in [2.75, 3.05) is 46.3 Å². The van der Waals surface area contributed by atoms with Crippen LogP contribution in [0.25, 0.3) is 10.1 Å². The summed E-state index contributed by atoms with van der Waals surface area (Å²) >= 11 is 8.66. The van der Waals surface area contributed by atoms with Crippen LogP contribution in [0.15, 0.2) is 44.9 Å². The molecule has 0 spiro atoms. The van der Waals surface area contributed by atoms with Crippen LogP contribution in [0.3, 0.4) is 0 Å². The third-order valence-corrected chi connectivity index (χ3v) is 10.3. The van der Waals surface area contributed by atoms with Crippen molar-refractivity contribution in [3.05, 3.63) is 51.2 Å². The fraction of sp³-hybridized carbons (Fsp3) is 0.333. The maximum atomic E-state index is 13.2. The van der Waals surface area contributed by atoms with E-state index >= 15 is 0 Å². The molecule has 0 atom stereocenters. The molecule has 2 aromatic heterocycles. The molecule has 3 aromatic rings. The Morgan fingerprint density at radius 2 is 1.88 bits per heavy atom. The van der Waals surface area contributed by atoms with Gasteiger partial charge in [-0.05, 0) is 29.7 Å². The molecular weight excluding hydrogens is 488 g/mol. The summed E-state index contributed by atoms with van der Waals surface area (Å²) in [6.07, 6.45) is 0. The monoisotopic (exact) mass is 508 g/mol. The molecule has 2 aliphatic heterocycles. The lowest BCUT2D eigenvalue weighted by molar-refractivity contribution is 0.0703. The number of amidine groups is 1. The fourth-order valence-electron chi connectivity index (χ4n) is 3.93. The van der Waals surface area contributed by atoms with Gasteiger partial charge in [-0.3, -0.25) is 9.79 Å². The Morgan fingerprint density at radius 3 is 2.59 bits per heavy atom. The van der Waals surface area contributed by atoms with Gasteiger partial charge in [-0.25, -0.2) is 8.42 Å². The van der Waals surface area contributed by atoms with Gasteiger partial charge in [0.1, 0.15) is 10.0 Å². The SMILES string of the molecule is CN1CCN=C1c1csc(C(=O)N2CCN(S(=O)(=O)c3cc4ccc(Cl)cc4s3)CC2)c1. The van der Waals surface area contributed by atoms with Gasteiger partial charge in [-0.15, -0.1) is 22.7 Å². The lowest BCUT2D eigenvalue weighted by atomic mass is 10.2. The van der Waals surface area contributed by atoms with E-state index in [1.807, 2.05) is 24.6 Å². The summed E-state index contributed by atoms with van der Waals surface area (Å²) in [6, 6.07) is 8.94. The first-order valence-corrected chi connectivity index (χ1v) is 13.7. The molecule has 0 saturated carbocycles. The van der Waals surface area contributed by atoms with E-state index in [2.05, 4.69) is 9.89 Å². The normalized spacial score (nSPS) is 17.9. The molecule has 0 aliphatic carbocycles. The van der Waals surface area contributed by atoms with Crippen LogP contribution in [-0.4, -0.2) is 80.6 Å². The van der Waals surface area contributed by atoms with Crippen molar-refractivity contribution >= 4 is 66.1 Å². The van der Waals surface area contributed by atoms with E-state index in [0.29, 0.717) is 27.2 Å². The minimum atomic E-state index is -3.61. The number of fused-ring (bicyclic) bond motifs is 1. The maximum Gasteiger partial charge on any atom is 0.264 e. The highest BCUT2D eigenvalue weighted by Crippen LogP contribution is 2.33. The van der Waals surface area contributed by atoms with Crippen LogP contribution in [0.1, 0.15) is 15.2 Å². The van der Waals surface area contributed by atoms with Crippen LogP contribution in [0.4, 0.5) is 0 Å². The molecule has 11 heteroatoms. The molecule has 0 N–H and O–H groups in total. The topological polar surface area (TPSA) is 73.3 Å². The minimum Gasteiger partial charge on any atom is -0.358 e. The molecule has 0 bridgehead atoms. The van der Waals surface area contributed by atoms with Crippen molar-refractivity contribution in [1.82, 2.24) is 14.1 Å². The number of piperazine rings is 1. The average molecular weight is 509 g/mol. The van der Waals surface area contributed by atoms with Gasteiger partial charge in [0.15, 0.2) is 0 Å². The second kappa shape index (κ2) is 8.42. The van der Waals surface area contributed by atoms with Crippen LogP contribution in [0.2, 0.25) is 5.02 Å². The number of carbonyl (C=O) groups is 1. The van der Waals surface area contributed by atoms with Gasteiger partial charge in [0.05, 0.1) is 11.4 Å².